The van der Waals surface area contributed by atoms with Gasteiger partial charge in [0.15, 0.2) is 0 Å². The van der Waals surface area contributed by atoms with Crippen LogP contribution in [0, 0.1) is 5.82 Å². The summed E-state index contributed by atoms with van der Waals surface area (Å²) in [5, 5.41) is 10.8. The summed E-state index contributed by atoms with van der Waals surface area (Å²) in [6.45, 7) is 0.309. The van der Waals surface area contributed by atoms with E-state index in [0.717, 1.165) is 16.8 Å². The van der Waals surface area contributed by atoms with Crippen LogP contribution in [-0.4, -0.2) is 28.2 Å². The molecule has 0 bridgehead atoms. The smallest absolute Gasteiger partial charge is 0.255 e. The predicted octanol–water partition coefficient (Wildman–Crippen LogP) is 4.21. The van der Waals surface area contributed by atoms with Crippen LogP contribution in [0.15, 0.2) is 60.8 Å². The molecule has 0 atom stereocenters. The summed E-state index contributed by atoms with van der Waals surface area (Å²) in [4.78, 5) is 17.0. The second-order valence-electron chi connectivity index (χ2n) is 6.57. The highest BCUT2D eigenvalue weighted by molar-refractivity contribution is 6.05. The van der Waals surface area contributed by atoms with Gasteiger partial charge in [-0.1, -0.05) is 24.3 Å². The molecule has 0 spiro atoms. The Morgan fingerprint density at radius 1 is 1.13 bits per heavy atom. The van der Waals surface area contributed by atoms with E-state index in [-0.39, 0.29) is 11.7 Å². The molecule has 0 aliphatic carbocycles. The number of aromatic amines is 1. The Bertz CT molecular complexity index is 1200. The van der Waals surface area contributed by atoms with Crippen LogP contribution in [0.4, 0.5) is 4.39 Å². The van der Waals surface area contributed by atoms with Crippen LogP contribution in [0.25, 0.3) is 23.1 Å². The quantitative estimate of drug-likeness (QED) is 0.506. The van der Waals surface area contributed by atoms with Crippen molar-refractivity contribution in [1.82, 2.24) is 20.5 Å². The number of hydrogen-bond acceptors (Lipinski definition) is 4. The van der Waals surface area contributed by atoms with Crippen LogP contribution in [0.5, 0.6) is 5.75 Å². The van der Waals surface area contributed by atoms with Crippen molar-refractivity contribution in [3.05, 3.63) is 89.1 Å². The topological polar surface area (TPSA) is 79.9 Å². The standard InChI is InChI=1S/C23H19FN4O2/c1-30-22-18(23(29)26-14-17-4-2-3-13-25-17)10-12-20-21(22)19(27-28-20)11-7-15-5-8-16(24)9-6-15/h2-13H,14H2,1H3,(H,26,29)(H,27,28). The lowest BCUT2D eigenvalue weighted by molar-refractivity contribution is 0.0947. The van der Waals surface area contributed by atoms with Gasteiger partial charge < -0.3 is 10.1 Å². The number of nitrogens with zero attached hydrogens (tertiary/aromatic N) is 2. The molecule has 0 saturated heterocycles. The fourth-order valence-corrected chi connectivity index (χ4v) is 3.14. The summed E-state index contributed by atoms with van der Waals surface area (Å²) >= 11 is 0. The van der Waals surface area contributed by atoms with E-state index in [9.17, 15) is 9.18 Å². The number of carbonyl (C=O) groups excluding carboxylic acids is 1. The Hall–Kier alpha value is -4.00. The fourth-order valence-electron chi connectivity index (χ4n) is 3.14. The number of rotatable bonds is 6. The molecule has 2 aromatic carbocycles. The summed E-state index contributed by atoms with van der Waals surface area (Å²) < 4.78 is 18.7. The number of H-pyrrole nitrogens is 1. The number of benzene rings is 2. The summed E-state index contributed by atoms with van der Waals surface area (Å²) in [7, 11) is 1.52. The van der Waals surface area contributed by atoms with Crippen molar-refractivity contribution in [2.45, 2.75) is 6.54 Å². The zero-order chi connectivity index (χ0) is 20.9. The highest BCUT2D eigenvalue weighted by atomic mass is 19.1. The van der Waals surface area contributed by atoms with E-state index < -0.39 is 0 Å². The average molecular weight is 402 g/mol. The Morgan fingerprint density at radius 3 is 2.70 bits per heavy atom. The first kappa shape index (κ1) is 19.3. The van der Waals surface area contributed by atoms with Crippen molar-refractivity contribution in [3.63, 3.8) is 0 Å². The first-order valence-electron chi connectivity index (χ1n) is 9.32. The maximum atomic E-state index is 13.1. The molecule has 1 amide bonds. The van der Waals surface area contributed by atoms with E-state index in [1.54, 1.807) is 36.5 Å². The number of aromatic nitrogens is 3. The third kappa shape index (κ3) is 4.05. The summed E-state index contributed by atoms with van der Waals surface area (Å²) in [5.74, 6) is -0.131. The van der Waals surface area contributed by atoms with Gasteiger partial charge in [0.05, 0.1) is 41.5 Å². The van der Waals surface area contributed by atoms with Crippen LogP contribution < -0.4 is 10.1 Å². The lowest BCUT2D eigenvalue weighted by Crippen LogP contribution is -2.23. The van der Waals surface area contributed by atoms with Gasteiger partial charge in [-0.15, -0.1) is 0 Å². The first-order chi connectivity index (χ1) is 14.7. The first-order valence-corrected chi connectivity index (χ1v) is 9.32. The Morgan fingerprint density at radius 2 is 1.97 bits per heavy atom. The van der Waals surface area contributed by atoms with Gasteiger partial charge in [-0.25, -0.2) is 4.39 Å². The SMILES string of the molecule is COc1c(C(=O)NCc2ccccn2)ccc2[nH]nc(C=Cc3ccc(F)cc3)c12. The second-order valence-corrected chi connectivity index (χ2v) is 6.57. The molecule has 6 nitrogen and oxygen atoms in total. The van der Waals surface area contributed by atoms with Crippen molar-refractivity contribution in [2.24, 2.45) is 0 Å². The predicted molar refractivity (Wildman–Crippen MR) is 113 cm³/mol. The number of nitrogens with one attached hydrogen (secondary N) is 2. The maximum Gasteiger partial charge on any atom is 0.255 e. The second kappa shape index (κ2) is 8.57. The summed E-state index contributed by atoms with van der Waals surface area (Å²) in [6, 6.07) is 15.2. The number of halogens is 1. The fraction of sp³-hybridized carbons (Fsp3) is 0.0870. The van der Waals surface area contributed by atoms with Crippen molar-refractivity contribution >= 4 is 29.0 Å². The molecule has 0 aliphatic rings. The molecule has 0 aliphatic heterocycles. The van der Waals surface area contributed by atoms with Crippen molar-refractivity contribution in [2.75, 3.05) is 7.11 Å². The van der Waals surface area contributed by atoms with Crippen LogP contribution >= 0.6 is 0 Å². The van der Waals surface area contributed by atoms with Crippen LogP contribution in [0.3, 0.4) is 0 Å². The molecule has 0 fully saturated rings. The number of carbonyl (C=O) groups is 1. The normalized spacial score (nSPS) is 11.1. The van der Waals surface area contributed by atoms with E-state index in [1.165, 1.54) is 19.2 Å². The molecule has 7 heteroatoms. The Balaban J connectivity index is 1.64. The van der Waals surface area contributed by atoms with E-state index >= 15 is 0 Å². The van der Waals surface area contributed by atoms with E-state index in [0.29, 0.717) is 28.9 Å². The minimum Gasteiger partial charge on any atom is -0.495 e. The minimum absolute atomic E-state index is 0.269. The molecule has 30 heavy (non-hydrogen) atoms. The Labute approximate surface area is 172 Å². The molecule has 2 N–H and O–H groups in total. The molecular weight excluding hydrogens is 383 g/mol. The highest BCUT2D eigenvalue weighted by Crippen LogP contribution is 2.32. The van der Waals surface area contributed by atoms with Gasteiger partial charge in [-0.2, -0.15) is 5.10 Å². The van der Waals surface area contributed by atoms with Gasteiger partial charge in [0, 0.05) is 6.20 Å². The maximum absolute atomic E-state index is 13.1. The summed E-state index contributed by atoms with van der Waals surface area (Å²) in [5.41, 5.74) is 3.35. The molecule has 4 rings (SSSR count). The van der Waals surface area contributed by atoms with Crippen LogP contribution in [-0.2, 0) is 6.54 Å². The van der Waals surface area contributed by atoms with E-state index in [2.05, 4.69) is 20.5 Å². The number of hydrogen-bond donors (Lipinski definition) is 2. The lowest BCUT2D eigenvalue weighted by atomic mass is 10.1. The summed E-state index contributed by atoms with van der Waals surface area (Å²) in [6.07, 6.45) is 5.30. The zero-order valence-corrected chi connectivity index (χ0v) is 16.2. The number of pyridine rings is 1. The van der Waals surface area contributed by atoms with E-state index in [4.69, 9.17) is 4.74 Å². The van der Waals surface area contributed by atoms with Crippen LogP contribution in [0.1, 0.15) is 27.3 Å². The zero-order valence-electron chi connectivity index (χ0n) is 16.2. The average Bonchev–Trinajstić information content (AvgIpc) is 3.20. The van der Waals surface area contributed by atoms with E-state index in [1.807, 2.05) is 24.3 Å². The number of amides is 1. The molecule has 2 heterocycles. The monoisotopic (exact) mass is 402 g/mol. The van der Waals surface area contributed by atoms with Gasteiger partial charge in [0.25, 0.3) is 5.91 Å². The number of methoxy groups -OCH3 is 1. The van der Waals surface area contributed by atoms with Gasteiger partial charge in [-0.05, 0) is 48.0 Å². The minimum atomic E-state index is -0.291. The molecular formula is C23H19FN4O2. The molecule has 0 radical (unpaired) electrons. The molecule has 150 valence electrons. The van der Waals surface area contributed by atoms with Crippen LogP contribution in [0.2, 0.25) is 0 Å². The third-order valence-electron chi connectivity index (χ3n) is 4.62. The van der Waals surface area contributed by atoms with Gasteiger partial charge >= 0.3 is 0 Å². The Kier molecular flexibility index (Phi) is 5.52. The van der Waals surface area contributed by atoms with Crippen molar-refractivity contribution in [3.8, 4) is 5.75 Å². The largest absolute Gasteiger partial charge is 0.495 e. The lowest BCUT2D eigenvalue weighted by Gasteiger charge is -2.10. The number of fused-ring (bicyclic) bond motifs is 1. The molecule has 0 unspecified atom stereocenters. The van der Waals surface area contributed by atoms with Gasteiger partial charge in [-0.3, -0.25) is 14.9 Å². The number of ether oxygens (including phenoxy) is 1. The van der Waals surface area contributed by atoms with Gasteiger partial charge in [0.1, 0.15) is 11.6 Å². The van der Waals surface area contributed by atoms with Gasteiger partial charge in [0.2, 0.25) is 0 Å². The van der Waals surface area contributed by atoms with Crippen molar-refractivity contribution in [1.29, 1.82) is 0 Å². The van der Waals surface area contributed by atoms with Crippen molar-refractivity contribution < 1.29 is 13.9 Å². The molecule has 4 aromatic rings. The highest BCUT2D eigenvalue weighted by Gasteiger charge is 2.18. The molecule has 2 aromatic heterocycles. The third-order valence-corrected chi connectivity index (χ3v) is 4.62. The molecule has 0 saturated carbocycles.